The third-order valence-electron chi connectivity index (χ3n) is 3.20. The van der Waals surface area contributed by atoms with Crippen LogP contribution in [0.4, 0.5) is 0 Å². The van der Waals surface area contributed by atoms with Crippen molar-refractivity contribution in [3.8, 4) is 0 Å². The molecule has 0 amide bonds. The zero-order chi connectivity index (χ0) is 14.3. The molecule has 0 spiro atoms. The summed E-state index contributed by atoms with van der Waals surface area (Å²) in [6.07, 6.45) is 0. The number of fused-ring (bicyclic) bond motifs is 3. The molecule has 1 N–H and O–H groups in total. The van der Waals surface area contributed by atoms with Gasteiger partial charge in [0.15, 0.2) is 10.8 Å². The smallest absolute Gasteiger partial charge is 0.316 e. The number of hydrogen-bond donors (Lipinski definition) is 1. The van der Waals surface area contributed by atoms with Crippen LogP contribution in [0.25, 0.3) is 16.6 Å². The molecule has 0 aliphatic heterocycles. The Kier molecular flexibility index (Phi) is 3.10. The molecular formula is C14H13N3O2S. The SMILES string of the molecule is Cc1cc2nnc(S[C@H](C)C(=O)O)n2c2ccccc12. The topological polar surface area (TPSA) is 67.5 Å². The summed E-state index contributed by atoms with van der Waals surface area (Å²) >= 11 is 1.20. The molecule has 3 rings (SSSR count). The highest BCUT2D eigenvalue weighted by Gasteiger charge is 2.18. The molecular weight excluding hydrogens is 274 g/mol. The highest BCUT2D eigenvalue weighted by Crippen LogP contribution is 2.27. The lowest BCUT2D eigenvalue weighted by molar-refractivity contribution is -0.136. The van der Waals surface area contributed by atoms with Gasteiger partial charge in [-0.2, -0.15) is 0 Å². The van der Waals surface area contributed by atoms with Crippen molar-refractivity contribution < 1.29 is 9.90 Å². The number of thioether (sulfide) groups is 1. The summed E-state index contributed by atoms with van der Waals surface area (Å²) in [6, 6.07) is 9.94. The first-order chi connectivity index (χ1) is 9.58. The molecule has 0 fully saturated rings. The number of carboxylic acids is 1. The average molecular weight is 287 g/mol. The van der Waals surface area contributed by atoms with E-state index in [0.717, 1.165) is 22.1 Å². The summed E-state index contributed by atoms with van der Waals surface area (Å²) in [7, 11) is 0. The summed E-state index contributed by atoms with van der Waals surface area (Å²) in [4.78, 5) is 11.0. The van der Waals surface area contributed by atoms with Crippen LogP contribution >= 0.6 is 11.8 Å². The van der Waals surface area contributed by atoms with Crippen molar-refractivity contribution in [3.05, 3.63) is 35.9 Å². The molecule has 0 aliphatic carbocycles. The quantitative estimate of drug-likeness (QED) is 0.750. The van der Waals surface area contributed by atoms with E-state index in [1.807, 2.05) is 41.7 Å². The number of aromatic nitrogens is 3. The van der Waals surface area contributed by atoms with Gasteiger partial charge in [-0.25, -0.2) is 0 Å². The van der Waals surface area contributed by atoms with Gasteiger partial charge in [0.05, 0.1) is 5.52 Å². The summed E-state index contributed by atoms with van der Waals surface area (Å²) < 4.78 is 1.91. The minimum absolute atomic E-state index is 0.567. The molecule has 0 unspecified atom stereocenters. The van der Waals surface area contributed by atoms with Gasteiger partial charge in [0.1, 0.15) is 5.25 Å². The molecule has 20 heavy (non-hydrogen) atoms. The van der Waals surface area contributed by atoms with E-state index in [0.29, 0.717) is 5.16 Å². The highest BCUT2D eigenvalue weighted by atomic mass is 32.2. The van der Waals surface area contributed by atoms with E-state index in [2.05, 4.69) is 10.2 Å². The summed E-state index contributed by atoms with van der Waals surface area (Å²) in [5, 5.41) is 18.4. The second-order valence-electron chi connectivity index (χ2n) is 4.62. The Balaban J connectivity index is 2.25. The van der Waals surface area contributed by atoms with Crippen LogP contribution in [0.5, 0.6) is 0 Å². The fourth-order valence-electron chi connectivity index (χ4n) is 2.16. The third-order valence-corrected chi connectivity index (χ3v) is 4.23. The molecule has 0 saturated heterocycles. The van der Waals surface area contributed by atoms with Crippen LogP contribution in [0.1, 0.15) is 12.5 Å². The monoisotopic (exact) mass is 287 g/mol. The number of benzene rings is 1. The Labute approximate surface area is 119 Å². The molecule has 2 heterocycles. The Hall–Kier alpha value is -2.08. The second kappa shape index (κ2) is 4.79. The normalized spacial score (nSPS) is 12.9. The van der Waals surface area contributed by atoms with Crippen molar-refractivity contribution in [1.82, 2.24) is 14.6 Å². The summed E-state index contributed by atoms with van der Waals surface area (Å²) in [6.45, 7) is 3.67. The number of nitrogens with zero attached hydrogens (tertiary/aromatic N) is 3. The fraction of sp³-hybridized carbons (Fsp3) is 0.214. The van der Waals surface area contributed by atoms with Crippen LogP contribution in [0.3, 0.4) is 0 Å². The van der Waals surface area contributed by atoms with Crippen LogP contribution in [-0.4, -0.2) is 30.9 Å². The van der Waals surface area contributed by atoms with Gasteiger partial charge in [0.2, 0.25) is 0 Å². The number of hydrogen-bond acceptors (Lipinski definition) is 4. The molecule has 0 saturated carbocycles. The van der Waals surface area contributed by atoms with Crippen LogP contribution in [-0.2, 0) is 4.79 Å². The van der Waals surface area contributed by atoms with Crippen LogP contribution in [0, 0.1) is 6.92 Å². The number of rotatable bonds is 3. The number of pyridine rings is 1. The highest BCUT2D eigenvalue weighted by molar-refractivity contribution is 8.00. The van der Waals surface area contributed by atoms with E-state index in [1.165, 1.54) is 11.8 Å². The minimum atomic E-state index is -0.858. The van der Waals surface area contributed by atoms with E-state index < -0.39 is 11.2 Å². The molecule has 102 valence electrons. The van der Waals surface area contributed by atoms with E-state index in [4.69, 9.17) is 5.11 Å². The van der Waals surface area contributed by atoms with Gasteiger partial charge in [0.25, 0.3) is 0 Å². The van der Waals surface area contributed by atoms with Crippen molar-refractivity contribution in [1.29, 1.82) is 0 Å². The van der Waals surface area contributed by atoms with Crippen LogP contribution in [0.2, 0.25) is 0 Å². The van der Waals surface area contributed by atoms with Gasteiger partial charge in [-0.05, 0) is 31.5 Å². The maximum Gasteiger partial charge on any atom is 0.316 e. The molecule has 0 aliphatic rings. The summed E-state index contributed by atoms with van der Waals surface area (Å²) in [5.41, 5.74) is 2.86. The minimum Gasteiger partial charge on any atom is -0.480 e. The zero-order valence-corrected chi connectivity index (χ0v) is 11.9. The Bertz CT molecular complexity index is 813. The number of para-hydroxylation sites is 1. The molecule has 2 aromatic heterocycles. The standard InChI is InChI=1S/C14H13N3O2S/c1-8-7-12-15-16-14(20-9(2)13(18)19)17(12)11-6-4-3-5-10(8)11/h3-7,9H,1-2H3,(H,18,19)/t9-/m1/s1. The Morgan fingerprint density at radius 1 is 1.35 bits per heavy atom. The van der Waals surface area contributed by atoms with Crippen molar-refractivity contribution >= 4 is 34.3 Å². The lowest BCUT2D eigenvalue weighted by Gasteiger charge is -2.08. The molecule has 3 aromatic rings. The predicted octanol–water partition coefficient (Wildman–Crippen LogP) is 2.76. The van der Waals surface area contributed by atoms with Gasteiger partial charge >= 0.3 is 5.97 Å². The number of aliphatic carboxylic acids is 1. The number of carboxylic acid groups (broad SMARTS) is 1. The van der Waals surface area contributed by atoms with Crippen molar-refractivity contribution in [2.45, 2.75) is 24.3 Å². The van der Waals surface area contributed by atoms with E-state index in [1.54, 1.807) is 6.92 Å². The van der Waals surface area contributed by atoms with E-state index in [-0.39, 0.29) is 0 Å². The van der Waals surface area contributed by atoms with E-state index in [9.17, 15) is 4.79 Å². The van der Waals surface area contributed by atoms with Crippen LogP contribution in [0.15, 0.2) is 35.5 Å². The van der Waals surface area contributed by atoms with Gasteiger partial charge in [-0.15, -0.1) is 10.2 Å². The Morgan fingerprint density at radius 2 is 2.10 bits per heavy atom. The first kappa shape index (κ1) is 12.9. The van der Waals surface area contributed by atoms with Gasteiger partial charge < -0.3 is 5.11 Å². The lowest BCUT2D eigenvalue weighted by Crippen LogP contribution is -2.12. The number of carbonyl (C=O) groups is 1. The first-order valence-electron chi connectivity index (χ1n) is 6.21. The fourth-order valence-corrected chi connectivity index (χ4v) is 2.96. The molecule has 0 bridgehead atoms. The van der Waals surface area contributed by atoms with Crippen molar-refractivity contribution in [3.63, 3.8) is 0 Å². The predicted molar refractivity (Wildman–Crippen MR) is 78.2 cm³/mol. The molecule has 1 aromatic carbocycles. The largest absolute Gasteiger partial charge is 0.480 e. The van der Waals surface area contributed by atoms with Gasteiger partial charge in [-0.1, -0.05) is 30.0 Å². The van der Waals surface area contributed by atoms with Crippen molar-refractivity contribution in [2.75, 3.05) is 0 Å². The summed E-state index contributed by atoms with van der Waals surface area (Å²) in [5.74, 6) is -0.858. The van der Waals surface area contributed by atoms with Gasteiger partial charge in [-0.3, -0.25) is 9.20 Å². The first-order valence-corrected chi connectivity index (χ1v) is 7.09. The molecule has 1 atom stereocenters. The molecule has 0 radical (unpaired) electrons. The Morgan fingerprint density at radius 3 is 2.85 bits per heavy atom. The number of aryl methyl sites for hydroxylation is 1. The maximum atomic E-state index is 11.0. The third kappa shape index (κ3) is 2.02. The zero-order valence-electron chi connectivity index (χ0n) is 11.1. The molecule has 5 nitrogen and oxygen atoms in total. The second-order valence-corrected chi connectivity index (χ2v) is 5.93. The van der Waals surface area contributed by atoms with E-state index >= 15 is 0 Å². The maximum absolute atomic E-state index is 11.0. The lowest BCUT2D eigenvalue weighted by atomic mass is 10.1. The van der Waals surface area contributed by atoms with Crippen LogP contribution < -0.4 is 0 Å². The molecule has 6 heteroatoms. The van der Waals surface area contributed by atoms with Crippen molar-refractivity contribution in [2.24, 2.45) is 0 Å². The van der Waals surface area contributed by atoms with Gasteiger partial charge in [0, 0.05) is 5.39 Å². The average Bonchev–Trinajstić information content (AvgIpc) is 2.82.